The fourth-order valence-electron chi connectivity index (χ4n) is 3.74. The molecule has 0 bridgehead atoms. The molecule has 0 atom stereocenters. The first-order valence-corrected chi connectivity index (χ1v) is 11.2. The van der Waals surface area contributed by atoms with Crippen LogP contribution in [0.3, 0.4) is 0 Å². The van der Waals surface area contributed by atoms with Crippen molar-refractivity contribution >= 4 is 57.5 Å². The van der Waals surface area contributed by atoms with Crippen LogP contribution in [0.2, 0.25) is 10.0 Å². The Balaban J connectivity index is 1.55. The lowest BCUT2D eigenvalue weighted by atomic mass is 9.82. The number of azo groups is 2. The Morgan fingerprint density at radius 2 is 0.917 bits per heavy atom. The molecule has 0 unspecified atom stereocenters. The van der Waals surface area contributed by atoms with E-state index in [2.05, 4.69) is 20.5 Å². The normalized spacial score (nSPS) is 12.8. The van der Waals surface area contributed by atoms with E-state index in [1.165, 1.54) is 48.5 Å². The second kappa shape index (κ2) is 9.33. The van der Waals surface area contributed by atoms with Crippen molar-refractivity contribution in [2.45, 2.75) is 0 Å². The van der Waals surface area contributed by atoms with Gasteiger partial charge in [-0.2, -0.15) is 0 Å². The first kappa shape index (κ1) is 23.3. The van der Waals surface area contributed by atoms with Crippen LogP contribution in [0.5, 0.6) is 11.5 Å². The van der Waals surface area contributed by atoms with Crippen molar-refractivity contribution in [1.29, 1.82) is 0 Å². The molecule has 0 saturated heterocycles. The number of ketones is 2. The number of phenolic OH excluding ortho intramolecular Hbond substituents is 2. The fraction of sp³-hybridized carbons (Fsp3) is 0. The number of phenols is 2. The summed E-state index contributed by atoms with van der Waals surface area (Å²) in [5.74, 6) is -0.862. The first-order chi connectivity index (χ1) is 17.3. The summed E-state index contributed by atoms with van der Waals surface area (Å²) in [6.07, 6.45) is 0. The number of nitrogens with zero attached hydrogens (tertiary/aromatic N) is 4. The van der Waals surface area contributed by atoms with Crippen molar-refractivity contribution in [3.63, 3.8) is 0 Å². The topological polar surface area (TPSA) is 124 Å². The zero-order chi connectivity index (χ0) is 25.4. The van der Waals surface area contributed by atoms with Gasteiger partial charge in [-0.15, -0.1) is 20.5 Å². The molecule has 8 nitrogen and oxygen atoms in total. The zero-order valence-electron chi connectivity index (χ0n) is 18.2. The van der Waals surface area contributed by atoms with Gasteiger partial charge >= 0.3 is 0 Å². The van der Waals surface area contributed by atoms with E-state index in [0.29, 0.717) is 0 Å². The highest BCUT2D eigenvalue weighted by molar-refractivity contribution is 6.33. The standard InChI is InChI=1S/C26H14Cl2N4O4/c27-17-11-13(33)7-9-19(17)29-31-21-5-1-3-15-23(21)26(36)16-4-2-6-22(24(16)25(15)35)32-30-20-10-8-14(34)12-18(20)28/h1-12,33-34H. The molecule has 0 saturated carbocycles. The molecule has 0 aromatic heterocycles. The van der Waals surface area contributed by atoms with Crippen LogP contribution in [0.25, 0.3) is 0 Å². The van der Waals surface area contributed by atoms with Crippen LogP contribution >= 0.6 is 23.2 Å². The number of halogens is 2. The van der Waals surface area contributed by atoms with Crippen molar-refractivity contribution in [2.24, 2.45) is 20.5 Å². The van der Waals surface area contributed by atoms with Crippen LogP contribution in [0, 0.1) is 0 Å². The highest BCUT2D eigenvalue weighted by Crippen LogP contribution is 2.39. The summed E-state index contributed by atoms with van der Waals surface area (Å²) in [4.78, 5) is 27.0. The largest absolute Gasteiger partial charge is 0.508 e. The van der Waals surface area contributed by atoms with Gasteiger partial charge < -0.3 is 10.2 Å². The zero-order valence-corrected chi connectivity index (χ0v) is 19.7. The number of hydrogen-bond acceptors (Lipinski definition) is 8. The molecule has 0 aliphatic heterocycles. The number of aromatic hydroxyl groups is 2. The lowest BCUT2D eigenvalue weighted by Crippen LogP contribution is -2.21. The van der Waals surface area contributed by atoms with Crippen LogP contribution in [0.4, 0.5) is 22.7 Å². The molecule has 5 rings (SSSR count). The molecular weight excluding hydrogens is 503 g/mol. The molecular formula is C26H14Cl2N4O4. The number of carbonyl (C=O) groups is 2. The summed E-state index contributed by atoms with van der Waals surface area (Å²) in [5.41, 5.74) is 1.52. The molecule has 4 aromatic carbocycles. The fourth-order valence-corrected chi connectivity index (χ4v) is 4.17. The van der Waals surface area contributed by atoms with Crippen LogP contribution in [0.1, 0.15) is 31.8 Å². The third kappa shape index (κ3) is 4.24. The Labute approximate surface area is 214 Å². The number of fused-ring (bicyclic) bond motifs is 2. The molecule has 1 aliphatic rings. The van der Waals surface area contributed by atoms with Gasteiger partial charge in [0.25, 0.3) is 0 Å². The summed E-state index contributed by atoms with van der Waals surface area (Å²) in [5, 5.41) is 35.9. The van der Waals surface area contributed by atoms with Gasteiger partial charge in [-0.3, -0.25) is 9.59 Å². The third-order valence-corrected chi connectivity index (χ3v) is 6.03. The molecule has 10 heteroatoms. The number of carbonyl (C=O) groups excluding carboxylic acids is 2. The molecule has 36 heavy (non-hydrogen) atoms. The van der Waals surface area contributed by atoms with Gasteiger partial charge in [0.05, 0.1) is 32.5 Å². The summed E-state index contributed by atoms with van der Waals surface area (Å²) in [7, 11) is 0. The molecule has 1 aliphatic carbocycles. The predicted molar refractivity (Wildman–Crippen MR) is 134 cm³/mol. The van der Waals surface area contributed by atoms with E-state index in [-0.39, 0.29) is 66.5 Å². The van der Waals surface area contributed by atoms with Crippen LogP contribution in [0.15, 0.2) is 93.3 Å². The average molecular weight is 517 g/mol. The highest BCUT2D eigenvalue weighted by atomic mass is 35.5. The lowest BCUT2D eigenvalue weighted by Gasteiger charge is -2.19. The Kier molecular flexibility index (Phi) is 6.05. The van der Waals surface area contributed by atoms with Crippen molar-refractivity contribution in [1.82, 2.24) is 0 Å². The Morgan fingerprint density at radius 3 is 1.31 bits per heavy atom. The quantitative estimate of drug-likeness (QED) is 0.234. The molecule has 176 valence electrons. The van der Waals surface area contributed by atoms with Crippen molar-refractivity contribution in [3.05, 3.63) is 105 Å². The smallest absolute Gasteiger partial charge is 0.196 e. The minimum absolute atomic E-state index is 0.0194. The van der Waals surface area contributed by atoms with Gasteiger partial charge in [-0.25, -0.2) is 0 Å². The summed E-state index contributed by atoms with van der Waals surface area (Å²) in [6, 6.07) is 17.8. The molecule has 4 aromatic rings. The van der Waals surface area contributed by atoms with E-state index in [9.17, 15) is 19.8 Å². The van der Waals surface area contributed by atoms with Crippen molar-refractivity contribution in [2.75, 3.05) is 0 Å². The predicted octanol–water partition coefficient (Wildman–Crippen LogP) is 8.01. The third-order valence-electron chi connectivity index (χ3n) is 5.42. The number of benzene rings is 4. The van der Waals surface area contributed by atoms with Crippen LogP contribution in [-0.4, -0.2) is 21.8 Å². The van der Waals surface area contributed by atoms with E-state index in [4.69, 9.17) is 23.2 Å². The van der Waals surface area contributed by atoms with Gasteiger partial charge in [0.1, 0.15) is 22.9 Å². The second-order valence-electron chi connectivity index (χ2n) is 7.73. The van der Waals surface area contributed by atoms with Crippen LogP contribution < -0.4 is 0 Å². The molecule has 0 fully saturated rings. The van der Waals surface area contributed by atoms with Gasteiger partial charge in [0.2, 0.25) is 0 Å². The minimum Gasteiger partial charge on any atom is -0.508 e. The lowest BCUT2D eigenvalue weighted by molar-refractivity contribution is 0.0980. The molecule has 2 N–H and O–H groups in total. The molecule has 0 radical (unpaired) electrons. The van der Waals surface area contributed by atoms with E-state index < -0.39 is 11.6 Å². The van der Waals surface area contributed by atoms with Crippen LogP contribution in [-0.2, 0) is 0 Å². The molecule has 0 spiro atoms. The van der Waals surface area contributed by atoms with E-state index in [1.807, 2.05) is 0 Å². The van der Waals surface area contributed by atoms with E-state index >= 15 is 0 Å². The molecule has 0 amide bonds. The summed E-state index contributed by atoms with van der Waals surface area (Å²) < 4.78 is 0. The first-order valence-electron chi connectivity index (χ1n) is 10.5. The average Bonchev–Trinajstić information content (AvgIpc) is 2.86. The number of hydrogen-bond donors (Lipinski definition) is 2. The Morgan fingerprint density at radius 1 is 0.528 bits per heavy atom. The summed E-state index contributed by atoms with van der Waals surface area (Å²) in [6.45, 7) is 0. The van der Waals surface area contributed by atoms with E-state index in [1.54, 1.807) is 24.3 Å². The van der Waals surface area contributed by atoms with Gasteiger partial charge in [0.15, 0.2) is 11.6 Å². The highest BCUT2D eigenvalue weighted by Gasteiger charge is 2.33. The maximum atomic E-state index is 13.5. The van der Waals surface area contributed by atoms with Crippen molar-refractivity contribution < 1.29 is 19.8 Å². The SMILES string of the molecule is O=C1c2cccc(N=Nc3ccc(O)cc3Cl)c2C(=O)c2cccc(N=Nc3ccc(O)cc3Cl)c21. The monoisotopic (exact) mass is 516 g/mol. The molecule has 0 heterocycles. The second-order valence-corrected chi connectivity index (χ2v) is 8.54. The Hall–Kier alpha value is -4.40. The van der Waals surface area contributed by atoms with E-state index in [0.717, 1.165) is 0 Å². The summed E-state index contributed by atoms with van der Waals surface area (Å²) >= 11 is 12.2. The van der Waals surface area contributed by atoms with Gasteiger partial charge in [-0.1, -0.05) is 47.5 Å². The minimum atomic E-state index is -0.411. The van der Waals surface area contributed by atoms with Gasteiger partial charge in [-0.05, 0) is 36.4 Å². The van der Waals surface area contributed by atoms with Crippen molar-refractivity contribution in [3.8, 4) is 11.5 Å². The Bertz CT molecular complexity index is 1510. The number of rotatable bonds is 4. The maximum absolute atomic E-state index is 13.5. The maximum Gasteiger partial charge on any atom is 0.196 e. The van der Waals surface area contributed by atoms with Gasteiger partial charge in [0, 0.05) is 23.3 Å².